The summed E-state index contributed by atoms with van der Waals surface area (Å²) in [5.41, 5.74) is 26.2. The Hall–Kier alpha value is -5.16. The Morgan fingerprint density at radius 3 is 0.632 bits per heavy atom. The lowest BCUT2D eigenvalue weighted by Crippen LogP contribution is -2.13. The van der Waals surface area contributed by atoms with Crippen molar-refractivity contribution < 1.29 is 0 Å². The first-order chi connectivity index (χ1) is 27.1. The van der Waals surface area contributed by atoms with Gasteiger partial charge in [-0.3, -0.25) is 0 Å². The molecule has 288 valence electrons. The summed E-state index contributed by atoms with van der Waals surface area (Å²) in [5, 5.41) is 2.53. The lowest BCUT2D eigenvalue weighted by Gasteiger charge is -2.12. The number of hydrogen-bond donors (Lipinski definition) is 0. The van der Waals surface area contributed by atoms with Crippen LogP contribution in [0.2, 0.25) is 0 Å². The largest absolute Gasteiger partial charge is 0.246 e. The summed E-state index contributed by atoms with van der Waals surface area (Å²) in [6, 6.07) is 26.8. The van der Waals surface area contributed by atoms with E-state index in [1.54, 1.807) is 0 Å². The van der Waals surface area contributed by atoms with E-state index in [1.165, 1.54) is 33.0 Å². The predicted molar refractivity (Wildman–Crippen MR) is 248 cm³/mol. The lowest BCUT2D eigenvalue weighted by molar-refractivity contribution is 1.28. The third kappa shape index (κ3) is 7.31. The fourth-order valence-corrected chi connectivity index (χ4v) is 9.09. The van der Waals surface area contributed by atoms with Crippen LogP contribution in [0.15, 0.2) is 92.8 Å². The summed E-state index contributed by atoms with van der Waals surface area (Å²) >= 11 is 9.53. The fraction of sp³-hybridized carbons (Fsp3) is 0.255. The number of hydrogen-bond acceptors (Lipinski definition) is 4. The maximum Gasteiger partial charge on any atom is 0.0979 e. The lowest BCUT2D eigenvalue weighted by atomic mass is 9.99. The van der Waals surface area contributed by atoms with Gasteiger partial charge in [-0.05, 0) is 128 Å². The molecular formula is C51H50Cl2N4. The highest BCUT2D eigenvalue weighted by Gasteiger charge is 2.36. The molecule has 6 aromatic rings. The Bertz CT molecular complexity index is 2330. The summed E-state index contributed by atoms with van der Waals surface area (Å²) in [5.74, 6) is 0. The van der Waals surface area contributed by atoms with Gasteiger partial charge in [0.25, 0.3) is 0 Å². The second-order valence-corrected chi connectivity index (χ2v) is 16.8. The molecule has 0 radical (unpaired) electrons. The van der Waals surface area contributed by atoms with E-state index >= 15 is 0 Å². The number of halogens is 2. The number of benzene rings is 6. The minimum atomic E-state index is 0.194. The molecule has 8 rings (SSSR count). The maximum atomic E-state index is 5.53. The predicted octanol–water partition coefficient (Wildman–Crippen LogP) is 14.5. The molecule has 0 bridgehead atoms. The molecule has 6 heteroatoms. The minimum absolute atomic E-state index is 0.194. The van der Waals surface area contributed by atoms with E-state index in [0.717, 1.165) is 112 Å². The van der Waals surface area contributed by atoms with Crippen molar-refractivity contribution in [3.63, 3.8) is 0 Å². The smallest absolute Gasteiger partial charge is 0.0979 e. The molecule has 0 fully saturated rings. The fourth-order valence-electron chi connectivity index (χ4n) is 9.09. The molecule has 2 aliphatic carbocycles. The molecular weight excluding hydrogens is 739 g/mol. The minimum Gasteiger partial charge on any atom is -0.246 e. The summed E-state index contributed by atoms with van der Waals surface area (Å²) in [6.45, 7) is 25.9. The zero-order valence-corrected chi connectivity index (χ0v) is 36.7. The van der Waals surface area contributed by atoms with Crippen LogP contribution in [0.1, 0.15) is 89.0 Å². The van der Waals surface area contributed by atoms with Gasteiger partial charge in [-0.25, -0.2) is 20.0 Å². The van der Waals surface area contributed by atoms with Crippen LogP contribution in [0, 0.1) is 83.1 Å². The molecule has 0 spiro atoms. The monoisotopic (exact) mass is 788 g/mol. The van der Waals surface area contributed by atoms with Crippen LogP contribution in [0.4, 0.5) is 22.7 Å². The zero-order valence-electron chi connectivity index (χ0n) is 35.2. The van der Waals surface area contributed by atoms with Crippen molar-refractivity contribution in [1.29, 1.82) is 0 Å². The normalized spacial score (nSPS) is 15.8. The molecule has 0 heterocycles. The average molecular weight is 790 g/mol. The first kappa shape index (κ1) is 40.1. The Labute approximate surface area is 348 Å². The van der Waals surface area contributed by atoms with Crippen molar-refractivity contribution >= 4 is 79.6 Å². The molecule has 57 heavy (non-hydrogen) atoms. The SMILES string of the molecule is Cc1cc(C)c(N=C2C(=Nc3c(C)cc(C)cc3C)c3ccc4c5c(ccc2c35)C(=Nc2c(C)cc(C)cc2C)C4=Nc2c(C)cc(C)cc2C)c(C)c1.ClCCl. The number of rotatable bonds is 4. The number of aliphatic imine (C=N–C) groups is 4. The van der Waals surface area contributed by atoms with Crippen molar-refractivity contribution in [2.24, 2.45) is 20.0 Å². The molecule has 0 saturated carbocycles. The van der Waals surface area contributed by atoms with Crippen molar-refractivity contribution in [2.45, 2.75) is 83.1 Å². The molecule has 2 aliphatic rings. The molecule has 0 aromatic heterocycles. The van der Waals surface area contributed by atoms with Crippen LogP contribution in [0.5, 0.6) is 0 Å². The van der Waals surface area contributed by atoms with Crippen molar-refractivity contribution in [3.05, 3.63) is 162 Å². The average Bonchev–Trinajstić information content (AvgIpc) is 3.58. The Kier molecular flexibility index (Phi) is 11.0. The van der Waals surface area contributed by atoms with Crippen molar-refractivity contribution in [1.82, 2.24) is 0 Å². The molecule has 0 unspecified atom stereocenters. The van der Waals surface area contributed by atoms with Gasteiger partial charge in [0.15, 0.2) is 0 Å². The van der Waals surface area contributed by atoms with Crippen LogP contribution in [-0.4, -0.2) is 28.2 Å². The second-order valence-electron chi connectivity index (χ2n) is 16.0. The summed E-state index contributed by atoms with van der Waals surface area (Å²) in [4.78, 5) is 22.1. The van der Waals surface area contributed by atoms with E-state index in [-0.39, 0.29) is 5.34 Å². The number of nitrogens with zero attached hydrogens (tertiary/aromatic N) is 4. The van der Waals surface area contributed by atoms with Crippen LogP contribution in [0.25, 0.3) is 10.8 Å². The first-order valence-electron chi connectivity index (χ1n) is 19.5. The van der Waals surface area contributed by atoms with Gasteiger partial charge in [-0.1, -0.05) is 95.1 Å². The van der Waals surface area contributed by atoms with Gasteiger partial charge >= 0.3 is 0 Å². The van der Waals surface area contributed by atoms with Gasteiger partial charge in [0.2, 0.25) is 0 Å². The molecule has 0 amide bonds. The highest BCUT2D eigenvalue weighted by atomic mass is 35.5. The zero-order chi connectivity index (χ0) is 41.0. The van der Waals surface area contributed by atoms with Gasteiger partial charge in [0.1, 0.15) is 0 Å². The Balaban J connectivity index is 0.00000160. The first-order valence-corrected chi connectivity index (χ1v) is 20.6. The maximum absolute atomic E-state index is 5.53. The van der Waals surface area contributed by atoms with E-state index in [2.05, 4.69) is 156 Å². The van der Waals surface area contributed by atoms with Crippen LogP contribution in [-0.2, 0) is 0 Å². The third-order valence-electron chi connectivity index (χ3n) is 11.1. The molecule has 0 saturated heterocycles. The summed E-state index contributed by atoms with van der Waals surface area (Å²) < 4.78 is 0. The molecule has 0 aliphatic heterocycles. The third-order valence-corrected chi connectivity index (χ3v) is 11.1. The van der Waals surface area contributed by atoms with Gasteiger partial charge in [-0.15, -0.1) is 23.2 Å². The molecule has 6 aromatic carbocycles. The Morgan fingerprint density at radius 1 is 0.316 bits per heavy atom. The van der Waals surface area contributed by atoms with Gasteiger partial charge in [0, 0.05) is 33.0 Å². The number of alkyl halides is 2. The second kappa shape index (κ2) is 15.6. The van der Waals surface area contributed by atoms with E-state index in [9.17, 15) is 0 Å². The van der Waals surface area contributed by atoms with Crippen LogP contribution >= 0.6 is 23.2 Å². The van der Waals surface area contributed by atoms with Crippen molar-refractivity contribution in [2.75, 3.05) is 5.34 Å². The topological polar surface area (TPSA) is 49.4 Å². The standard InChI is InChI=1S/C50H48N4.CH2Cl2/c1-25-17-29(5)43(30(6)18-25)51-47-37-13-14-39-42-40(16-15-38(41(37)42)48(47)52-44-31(7)19-26(2)20-32(44)8)50(54-46-35(11)23-28(4)24-36(46)12)49(39)53-45-33(9)21-27(3)22-34(45)10;2-1-3/h13-24H,1-12H3;1H2. The Morgan fingerprint density at radius 2 is 0.474 bits per heavy atom. The number of aryl methyl sites for hydroxylation is 12. The summed E-state index contributed by atoms with van der Waals surface area (Å²) in [6.07, 6.45) is 0. The quantitative estimate of drug-likeness (QED) is 0.160. The van der Waals surface area contributed by atoms with Gasteiger partial charge < -0.3 is 0 Å². The van der Waals surface area contributed by atoms with E-state index in [1.807, 2.05) is 0 Å². The highest BCUT2D eigenvalue weighted by Crippen LogP contribution is 2.44. The van der Waals surface area contributed by atoms with E-state index in [0.29, 0.717) is 0 Å². The highest BCUT2D eigenvalue weighted by molar-refractivity contribution is 6.66. The molecule has 0 N–H and O–H groups in total. The van der Waals surface area contributed by atoms with Gasteiger partial charge in [-0.2, -0.15) is 0 Å². The molecule has 4 nitrogen and oxygen atoms in total. The van der Waals surface area contributed by atoms with Crippen LogP contribution < -0.4 is 0 Å². The molecule has 0 atom stereocenters. The van der Waals surface area contributed by atoms with E-state index < -0.39 is 0 Å². The van der Waals surface area contributed by atoms with E-state index in [4.69, 9.17) is 43.2 Å². The van der Waals surface area contributed by atoms with Crippen molar-refractivity contribution in [3.8, 4) is 0 Å². The van der Waals surface area contributed by atoms with Gasteiger partial charge in [0.05, 0.1) is 50.9 Å². The van der Waals surface area contributed by atoms with Crippen LogP contribution in [0.3, 0.4) is 0 Å². The summed E-state index contributed by atoms with van der Waals surface area (Å²) in [7, 11) is 0.